The third-order valence-electron chi connectivity index (χ3n) is 4.09. The summed E-state index contributed by atoms with van der Waals surface area (Å²) >= 11 is 6.18. The Morgan fingerprint density at radius 3 is 2.59 bits per heavy atom. The Kier molecular flexibility index (Phi) is 6.46. The third kappa shape index (κ3) is 5.11. The van der Waals surface area contributed by atoms with Crippen LogP contribution in [0, 0.1) is 0 Å². The predicted octanol–water partition coefficient (Wildman–Crippen LogP) is 3.04. The maximum atomic E-state index is 12.2. The highest BCUT2D eigenvalue weighted by Crippen LogP contribution is 2.21. The van der Waals surface area contributed by atoms with Gasteiger partial charge in [0.2, 0.25) is 0 Å². The number of nitrogens with zero attached hydrogens (tertiary/aromatic N) is 2. The number of ether oxygens (including phenoxy) is 2. The van der Waals surface area contributed by atoms with Crippen LogP contribution in [0.1, 0.15) is 38.0 Å². The van der Waals surface area contributed by atoms with E-state index >= 15 is 0 Å². The van der Waals surface area contributed by atoms with Crippen LogP contribution in [0.2, 0.25) is 5.02 Å². The molecular weight excluding hydrogens is 398 g/mol. The maximum Gasteiger partial charge on any atom is 0.337 e. The fourth-order valence-corrected chi connectivity index (χ4v) is 2.73. The summed E-state index contributed by atoms with van der Waals surface area (Å²) in [4.78, 5) is 28.0. The van der Waals surface area contributed by atoms with Crippen molar-refractivity contribution < 1.29 is 23.6 Å². The van der Waals surface area contributed by atoms with Crippen molar-refractivity contribution in [3.8, 4) is 5.75 Å². The van der Waals surface area contributed by atoms with Crippen LogP contribution in [-0.4, -0.2) is 36.2 Å². The van der Waals surface area contributed by atoms with Crippen molar-refractivity contribution in [1.29, 1.82) is 0 Å². The van der Waals surface area contributed by atoms with Crippen LogP contribution < -0.4 is 10.1 Å². The van der Waals surface area contributed by atoms with Gasteiger partial charge in [-0.1, -0.05) is 28.9 Å². The van der Waals surface area contributed by atoms with Gasteiger partial charge in [0.05, 0.1) is 19.8 Å². The molecule has 0 atom stereocenters. The lowest BCUT2D eigenvalue weighted by Crippen LogP contribution is -2.23. The molecule has 3 aromatic rings. The summed E-state index contributed by atoms with van der Waals surface area (Å²) in [5.74, 6) is -0.127. The molecule has 0 bridgehead atoms. The second-order valence-corrected chi connectivity index (χ2v) is 6.43. The standard InChI is InChI=1S/C20H18ClN3O5/c1-27-15-6-3-12(4-7-15)11-22-18(25)19-23-17(24-29-19)10-14-9-13(20(26)28-2)5-8-16(14)21/h3-9H,10-11H2,1-2H3,(H,22,25). The average molecular weight is 416 g/mol. The van der Waals surface area contributed by atoms with Crippen LogP contribution in [0.5, 0.6) is 5.75 Å². The van der Waals surface area contributed by atoms with Gasteiger partial charge in [-0.15, -0.1) is 0 Å². The summed E-state index contributed by atoms with van der Waals surface area (Å²) in [6, 6.07) is 12.0. The molecule has 1 heterocycles. The van der Waals surface area contributed by atoms with Gasteiger partial charge in [-0.2, -0.15) is 4.98 Å². The van der Waals surface area contributed by atoms with Gasteiger partial charge in [-0.3, -0.25) is 4.79 Å². The number of hydrogen-bond donors (Lipinski definition) is 1. The topological polar surface area (TPSA) is 104 Å². The first-order valence-corrected chi connectivity index (χ1v) is 8.98. The number of carbonyl (C=O) groups is 2. The molecule has 3 rings (SSSR count). The lowest BCUT2D eigenvalue weighted by molar-refractivity contribution is 0.0600. The van der Waals surface area contributed by atoms with Gasteiger partial charge in [0.1, 0.15) is 5.75 Å². The van der Waals surface area contributed by atoms with Gasteiger partial charge in [0.15, 0.2) is 5.82 Å². The number of halogens is 1. The number of hydrogen-bond acceptors (Lipinski definition) is 7. The molecule has 0 saturated carbocycles. The number of nitrogens with one attached hydrogen (secondary N) is 1. The smallest absolute Gasteiger partial charge is 0.337 e. The van der Waals surface area contributed by atoms with E-state index in [1.54, 1.807) is 37.4 Å². The molecule has 1 N–H and O–H groups in total. The lowest BCUT2D eigenvalue weighted by Gasteiger charge is -2.04. The fourth-order valence-electron chi connectivity index (χ4n) is 2.54. The zero-order valence-electron chi connectivity index (χ0n) is 15.8. The molecule has 2 aromatic carbocycles. The number of rotatable bonds is 7. The van der Waals surface area contributed by atoms with Crippen molar-refractivity contribution in [2.75, 3.05) is 14.2 Å². The molecule has 0 unspecified atom stereocenters. The number of benzene rings is 2. The fraction of sp³-hybridized carbons (Fsp3) is 0.200. The summed E-state index contributed by atoms with van der Waals surface area (Å²) < 4.78 is 14.8. The highest BCUT2D eigenvalue weighted by molar-refractivity contribution is 6.31. The molecule has 9 heteroatoms. The summed E-state index contributed by atoms with van der Waals surface area (Å²) in [5, 5.41) is 6.96. The van der Waals surface area contributed by atoms with Gasteiger partial charge in [0.25, 0.3) is 0 Å². The van der Waals surface area contributed by atoms with E-state index in [2.05, 4.69) is 15.5 Å². The zero-order chi connectivity index (χ0) is 20.8. The van der Waals surface area contributed by atoms with Gasteiger partial charge in [-0.25, -0.2) is 4.79 Å². The van der Waals surface area contributed by atoms with E-state index in [4.69, 9.17) is 25.6 Å². The van der Waals surface area contributed by atoms with Crippen LogP contribution in [0.25, 0.3) is 0 Å². The second-order valence-electron chi connectivity index (χ2n) is 6.02. The Bertz CT molecular complexity index is 1020. The Balaban J connectivity index is 1.64. The van der Waals surface area contributed by atoms with E-state index in [0.29, 0.717) is 22.7 Å². The lowest BCUT2D eigenvalue weighted by atomic mass is 10.1. The molecule has 8 nitrogen and oxygen atoms in total. The summed E-state index contributed by atoms with van der Waals surface area (Å²) in [6.07, 6.45) is 0.193. The molecule has 0 aliphatic rings. The third-order valence-corrected chi connectivity index (χ3v) is 4.46. The molecule has 1 amide bonds. The Morgan fingerprint density at radius 1 is 1.14 bits per heavy atom. The van der Waals surface area contributed by atoms with Crippen LogP contribution in [-0.2, 0) is 17.7 Å². The van der Waals surface area contributed by atoms with Crippen molar-refractivity contribution in [2.24, 2.45) is 0 Å². The van der Waals surface area contributed by atoms with E-state index in [9.17, 15) is 9.59 Å². The van der Waals surface area contributed by atoms with E-state index in [1.807, 2.05) is 12.1 Å². The van der Waals surface area contributed by atoms with E-state index in [-0.39, 0.29) is 18.1 Å². The molecule has 1 aromatic heterocycles. The maximum absolute atomic E-state index is 12.2. The number of amides is 1. The van der Waals surface area contributed by atoms with E-state index in [1.165, 1.54) is 7.11 Å². The first-order valence-electron chi connectivity index (χ1n) is 8.60. The zero-order valence-corrected chi connectivity index (χ0v) is 16.5. The van der Waals surface area contributed by atoms with Crippen molar-refractivity contribution in [2.45, 2.75) is 13.0 Å². The minimum absolute atomic E-state index is 0.159. The molecule has 29 heavy (non-hydrogen) atoms. The molecular formula is C20H18ClN3O5. The van der Waals surface area contributed by atoms with Crippen LogP contribution >= 0.6 is 11.6 Å². The van der Waals surface area contributed by atoms with E-state index < -0.39 is 11.9 Å². The highest BCUT2D eigenvalue weighted by Gasteiger charge is 2.17. The quantitative estimate of drug-likeness (QED) is 0.591. The number of carbonyl (C=O) groups excluding carboxylic acids is 2. The first kappa shape index (κ1) is 20.3. The summed E-state index contributed by atoms with van der Waals surface area (Å²) in [5.41, 5.74) is 1.86. The molecule has 150 valence electrons. The number of methoxy groups -OCH3 is 2. The normalized spacial score (nSPS) is 10.4. The van der Waals surface area contributed by atoms with Gasteiger partial charge in [-0.05, 0) is 41.5 Å². The van der Waals surface area contributed by atoms with Gasteiger partial charge < -0.3 is 19.3 Å². The van der Waals surface area contributed by atoms with Gasteiger partial charge >= 0.3 is 17.8 Å². The Hall–Kier alpha value is -3.39. The van der Waals surface area contributed by atoms with Crippen LogP contribution in [0.4, 0.5) is 0 Å². The summed E-state index contributed by atoms with van der Waals surface area (Å²) in [7, 11) is 2.88. The van der Waals surface area contributed by atoms with Gasteiger partial charge in [0, 0.05) is 18.0 Å². The molecule has 0 radical (unpaired) electrons. The highest BCUT2D eigenvalue weighted by atomic mass is 35.5. The monoisotopic (exact) mass is 415 g/mol. The predicted molar refractivity (Wildman–Crippen MR) is 104 cm³/mol. The molecule has 0 aliphatic heterocycles. The van der Waals surface area contributed by atoms with Crippen LogP contribution in [0.15, 0.2) is 47.0 Å². The molecule has 0 spiro atoms. The average Bonchev–Trinajstić information content (AvgIpc) is 3.22. The minimum atomic E-state index is -0.492. The second kappa shape index (κ2) is 9.20. The van der Waals surface area contributed by atoms with Crippen molar-refractivity contribution in [3.05, 3.63) is 75.9 Å². The van der Waals surface area contributed by atoms with Crippen LogP contribution in [0.3, 0.4) is 0 Å². The Morgan fingerprint density at radius 2 is 1.90 bits per heavy atom. The SMILES string of the molecule is COC(=O)c1ccc(Cl)c(Cc2noc(C(=O)NCc3ccc(OC)cc3)n2)c1. The first-order chi connectivity index (χ1) is 14.0. The molecule has 0 aliphatic carbocycles. The molecule has 0 fully saturated rings. The van der Waals surface area contributed by atoms with E-state index in [0.717, 1.165) is 11.3 Å². The van der Waals surface area contributed by atoms with Crippen molar-refractivity contribution >= 4 is 23.5 Å². The largest absolute Gasteiger partial charge is 0.497 e. The van der Waals surface area contributed by atoms with Crippen molar-refractivity contribution in [3.63, 3.8) is 0 Å². The van der Waals surface area contributed by atoms with Crippen molar-refractivity contribution in [1.82, 2.24) is 15.5 Å². The molecule has 0 saturated heterocycles. The Labute approximate surface area is 171 Å². The number of aromatic nitrogens is 2. The summed E-state index contributed by atoms with van der Waals surface area (Å²) in [6.45, 7) is 0.299. The number of esters is 1. The minimum Gasteiger partial charge on any atom is -0.497 e.